The molecule has 0 saturated heterocycles. The highest BCUT2D eigenvalue weighted by Gasteiger charge is 2.17. The third kappa shape index (κ3) is 3.72. The Balaban J connectivity index is 1.59. The van der Waals surface area contributed by atoms with Crippen molar-refractivity contribution in [3.8, 4) is 11.1 Å². The molecular weight excluding hydrogens is 330 g/mol. The highest BCUT2D eigenvalue weighted by molar-refractivity contribution is 6.04. The monoisotopic (exact) mass is 355 g/mol. The number of para-hydroxylation sites is 1. The number of benzene rings is 3. The Morgan fingerprint density at radius 2 is 1.70 bits per heavy atom. The Labute approximate surface area is 161 Å². The summed E-state index contributed by atoms with van der Waals surface area (Å²) in [7, 11) is 0. The first kappa shape index (κ1) is 17.3. The van der Waals surface area contributed by atoms with Crippen molar-refractivity contribution in [3.63, 3.8) is 0 Å². The minimum atomic E-state index is 0.281. The van der Waals surface area contributed by atoms with Crippen LogP contribution in [0.5, 0.6) is 0 Å². The smallest absolute Gasteiger partial charge is 0.197 e. The maximum absolute atomic E-state index is 8.38. The summed E-state index contributed by atoms with van der Waals surface area (Å²) in [4.78, 5) is 0. The summed E-state index contributed by atoms with van der Waals surface area (Å²) < 4.78 is 0. The zero-order valence-electron chi connectivity index (χ0n) is 15.7. The van der Waals surface area contributed by atoms with E-state index in [0.717, 1.165) is 29.8 Å². The first-order valence-corrected chi connectivity index (χ1v) is 9.66. The summed E-state index contributed by atoms with van der Waals surface area (Å²) >= 11 is 0. The molecule has 3 nitrogen and oxygen atoms in total. The molecule has 0 aromatic heterocycles. The molecule has 0 atom stereocenters. The van der Waals surface area contributed by atoms with Crippen molar-refractivity contribution in [1.29, 1.82) is 5.41 Å². The number of aryl methyl sites for hydroxylation is 2. The molecule has 0 spiro atoms. The Morgan fingerprint density at radius 1 is 0.889 bits per heavy atom. The molecule has 0 aliphatic heterocycles. The summed E-state index contributed by atoms with van der Waals surface area (Å²) in [5.41, 5.74) is 8.52. The van der Waals surface area contributed by atoms with Gasteiger partial charge >= 0.3 is 0 Å². The van der Waals surface area contributed by atoms with E-state index in [-0.39, 0.29) is 5.96 Å². The van der Waals surface area contributed by atoms with Crippen molar-refractivity contribution in [3.05, 3.63) is 83.4 Å². The Morgan fingerprint density at radius 3 is 2.59 bits per heavy atom. The minimum absolute atomic E-state index is 0.281. The van der Waals surface area contributed by atoms with Gasteiger partial charge in [0.05, 0.1) is 0 Å². The Kier molecular flexibility index (Phi) is 4.93. The zero-order chi connectivity index (χ0) is 18.6. The summed E-state index contributed by atoms with van der Waals surface area (Å²) in [6, 6.07) is 23.1. The van der Waals surface area contributed by atoms with E-state index < -0.39 is 0 Å². The molecule has 3 aromatic rings. The quantitative estimate of drug-likeness (QED) is 0.405. The van der Waals surface area contributed by atoms with Gasteiger partial charge in [-0.3, -0.25) is 5.41 Å². The van der Waals surface area contributed by atoms with E-state index in [2.05, 4.69) is 60.0 Å². The van der Waals surface area contributed by atoms with Crippen LogP contribution in [0.2, 0.25) is 0 Å². The van der Waals surface area contributed by atoms with Crippen LogP contribution in [0.15, 0.2) is 66.7 Å². The van der Waals surface area contributed by atoms with Crippen molar-refractivity contribution in [2.45, 2.75) is 32.6 Å². The van der Waals surface area contributed by atoms with Crippen LogP contribution in [0.25, 0.3) is 11.1 Å². The first-order valence-electron chi connectivity index (χ1n) is 9.66. The van der Waals surface area contributed by atoms with Crippen molar-refractivity contribution in [2.24, 2.45) is 0 Å². The van der Waals surface area contributed by atoms with Crippen molar-refractivity contribution < 1.29 is 0 Å². The summed E-state index contributed by atoms with van der Waals surface area (Å²) in [5.74, 6) is 0.281. The van der Waals surface area contributed by atoms with Crippen molar-refractivity contribution >= 4 is 17.3 Å². The number of hydrogen-bond acceptors (Lipinski definition) is 1. The summed E-state index contributed by atoms with van der Waals surface area (Å²) in [5, 5.41) is 14.8. The topological polar surface area (TPSA) is 47.9 Å². The molecule has 3 N–H and O–H groups in total. The SMILES string of the molecule is CCc1cccc(NC(=N)Nc2ccccc2-c2cccc3c2CCC3)c1. The highest BCUT2D eigenvalue weighted by Crippen LogP contribution is 2.36. The predicted octanol–water partition coefficient (Wildman–Crippen LogP) is 5.86. The fourth-order valence-electron chi connectivity index (χ4n) is 3.88. The predicted molar refractivity (Wildman–Crippen MR) is 115 cm³/mol. The van der Waals surface area contributed by atoms with E-state index in [1.807, 2.05) is 24.3 Å². The second-order valence-electron chi connectivity index (χ2n) is 7.02. The minimum Gasteiger partial charge on any atom is -0.326 e. The Hall–Kier alpha value is -3.07. The molecule has 1 aliphatic carbocycles. The molecule has 0 fully saturated rings. The number of rotatable bonds is 4. The van der Waals surface area contributed by atoms with Gasteiger partial charge in [-0.15, -0.1) is 0 Å². The van der Waals surface area contributed by atoms with Gasteiger partial charge in [-0.25, -0.2) is 0 Å². The van der Waals surface area contributed by atoms with Crippen LogP contribution in [0.3, 0.4) is 0 Å². The van der Waals surface area contributed by atoms with Gasteiger partial charge in [-0.05, 0) is 66.1 Å². The molecule has 0 amide bonds. The van der Waals surface area contributed by atoms with E-state index >= 15 is 0 Å². The average molecular weight is 355 g/mol. The molecule has 136 valence electrons. The second kappa shape index (κ2) is 7.67. The van der Waals surface area contributed by atoms with Gasteiger partial charge in [0.25, 0.3) is 0 Å². The van der Waals surface area contributed by atoms with Crippen molar-refractivity contribution in [2.75, 3.05) is 10.6 Å². The first-order chi connectivity index (χ1) is 13.2. The van der Waals surface area contributed by atoms with Crippen LogP contribution in [0.1, 0.15) is 30.0 Å². The molecule has 0 heterocycles. The fraction of sp³-hybridized carbons (Fsp3) is 0.208. The van der Waals surface area contributed by atoms with E-state index in [9.17, 15) is 0 Å². The van der Waals surface area contributed by atoms with Gasteiger partial charge in [0.2, 0.25) is 0 Å². The number of hydrogen-bond donors (Lipinski definition) is 3. The third-order valence-corrected chi connectivity index (χ3v) is 5.23. The van der Waals surface area contributed by atoms with Crippen LogP contribution in [0.4, 0.5) is 11.4 Å². The van der Waals surface area contributed by atoms with Gasteiger partial charge in [0, 0.05) is 16.9 Å². The van der Waals surface area contributed by atoms with Crippen LogP contribution in [0, 0.1) is 5.41 Å². The lowest BCUT2D eigenvalue weighted by atomic mass is 9.96. The molecule has 0 unspecified atom stereocenters. The lowest BCUT2D eigenvalue weighted by Gasteiger charge is -2.16. The number of guanidine groups is 1. The number of anilines is 2. The maximum atomic E-state index is 8.38. The molecule has 1 aliphatic rings. The molecule has 0 bridgehead atoms. The maximum Gasteiger partial charge on any atom is 0.197 e. The number of nitrogens with one attached hydrogen (secondary N) is 3. The molecule has 0 saturated carbocycles. The standard InChI is InChI=1S/C24H25N3/c1-2-17-8-5-11-19(16-17)26-24(25)27-23-15-4-3-12-22(23)21-14-7-10-18-9-6-13-20(18)21/h3-5,7-8,10-12,14-16H,2,6,9,13H2,1H3,(H3,25,26,27). The summed E-state index contributed by atoms with van der Waals surface area (Å²) in [6.07, 6.45) is 4.52. The fourth-order valence-corrected chi connectivity index (χ4v) is 3.88. The van der Waals surface area contributed by atoms with Crippen molar-refractivity contribution in [1.82, 2.24) is 0 Å². The van der Waals surface area contributed by atoms with Crippen LogP contribution >= 0.6 is 0 Å². The van der Waals surface area contributed by atoms with Gasteiger partial charge in [-0.1, -0.05) is 55.5 Å². The molecule has 0 radical (unpaired) electrons. The normalized spacial score (nSPS) is 12.5. The van der Waals surface area contributed by atoms with Gasteiger partial charge in [-0.2, -0.15) is 0 Å². The van der Waals surface area contributed by atoms with E-state index in [4.69, 9.17) is 5.41 Å². The number of fused-ring (bicyclic) bond motifs is 1. The molecule has 3 aromatic carbocycles. The largest absolute Gasteiger partial charge is 0.326 e. The van der Waals surface area contributed by atoms with E-state index in [1.54, 1.807) is 0 Å². The average Bonchev–Trinajstić information content (AvgIpc) is 3.17. The molecule has 3 heteroatoms. The van der Waals surface area contributed by atoms with Crippen LogP contribution in [-0.2, 0) is 19.3 Å². The van der Waals surface area contributed by atoms with Gasteiger partial charge in [0.1, 0.15) is 0 Å². The van der Waals surface area contributed by atoms with Gasteiger partial charge < -0.3 is 10.6 Å². The van der Waals surface area contributed by atoms with E-state index in [1.165, 1.54) is 35.1 Å². The molecule has 4 rings (SSSR count). The second-order valence-corrected chi connectivity index (χ2v) is 7.02. The third-order valence-electron chi connectivity index (χ3n) is 5.23. The zero-order valence-corrected chi connectivity index (χ0v) is 15.7. The lowest BCUT2D eigenvalue weighted by Crippen LogP contribution is -2.21. The van der Waals surface area contributed by atoms with Gasteiger partial charge in [0.15, 0.2) is 5.96 Å². The summed E-state index contributed by atoms with van der Waals surface area (Å²) in [6.45, 7) is 2.14. The van der Waals surface area contributed by atoms with Crippen LogP contribution in [-0.4, -0.2) is 5.96 Å². The Bertz CT molecular complexity index is 975. The van der Waals surface area contributed by atoms with E-state index in [0.29, 0.717) is 0 Å². The highest BCUT2D eigenvalue weighted by atomic mass is 15.1. The molecular formula is C24H25N3. The lowest BCUT2D eigenvalue weighted by molar-refractivity contribution is 0.912. The molecule has 27 heavy (non-hydrogen) atoms. The van der Waals surface area contributed by atoms with Crippen LogP contribution < -0.4 is 10.6 Å².